The first-order valence-electron chi connectivity index (χ1n) is 6.41. The molecule has 0 spiro atoms. The third kappa shape index (κ3) is 4.06. The number of nitrogens with one attached hydrogen (secondary N) is 1. The number of pyridine rings is 1. The first-order chi connectivity index (χ1) is 10.1. The Kier molecular flexibility index (Phi) is 4.94. The van der Waals surface area contributed by atoms with Crippen molar-refractivity contribution in [1.82, 2.24) is 4.98 Å². The van der Waals surface area contributed by atoms with Crippen molar-refractivity contribution in [3.8, 4) is 11.5 Å². The zero-order valence-electron chi connectivity index (χ0n) is 11.4. The van der Waals surface area contributed by atoms with Gasteiger partial charge in [-0.25, -0.2) is 0 Å². The van der Waals surface area contributed by atoms with E-state index in [1.807, 2.05) is 0 Å². The number of nitro groups is 1. The van der Waals surface area contributed by atoms with Crippen LogP contribution in [0.4, 0.5) is 11.4 Å². The lowest BCUT2D eigenvalue weighted by Crippen LogP contribution is -2.00. The van der Waals surface area contributed by atoms with Crippen molar-refractivity contribution in [2.24, 2.45) is 0 Å². The Morgan fingerprint density at radius 1 is 1.33 bits per heavy atom. The fourth-order valence-electron chi connectivity index (χ4n) is 1.68. The van der Waals surface area contributed by atoms with E-state index < -0.39 is 4.92 Å². The van der Waals surface area contributed by atoms with Gasteiger partial charge >= 0.3 is 0 Å². The van der Waals surface area contributed by atoms with Crippen molar-refractivity contribution in [2.75, 3.05) is 11.9 Å². The fraction of sp³-hybridized carbons (Fsp3) is 0.214. The predicted molar refractivity (Wildman–Crippen MR) is 81.2 cm³/mol. The van der Waals surface area contributed by atoms with Crippen LogP contribution in [0.5, 0.6) is 11.5 Å². The van der Waals surface area contributed by atoms with Crippen molar-refractivity contribution in [3.05, 3.63) is 51.8 Å². The van der Waals surface area contributed by atoms with Gasteiger partial charge in [0.05, 0.1) is 23.0 Å². The summed E-state index contributed by atoms with van der Waals surface area (Å²) in [6.45, 7) is 2.91. The maximum Gasteiger partial charge on any atom is 0.288 e. The number of rotatable bonds is 6. The number of hydrogen-bond donors (Lipinski definition) is 1. The quantitative estimate of drug-likeness (QED) is 0.637. The third-order valence-corrected chi connectivity index (χ3v) is 2.95. The van der Waals surface area contributed by atoms with Crippen molar-refractivity contribution in [1.29, 1.82) is 0 Å². The molecule has 0 aliphatic heterocycles. The standard InChI is InChI=1S/C14H14ClN3O3/c1-2-5-17-10-6-12(9-16-8-10)21-11-3-4-14(18(19)20)13(15)7-11/h3-4,6-9,17H,2,5H2,1H3. The Morgan fingerprint density at radius 2 is 2.14 bits per heavy atom. The highest BCUT2D eigenvalue weighted by Gasteiger charge is 2.13. The van der Waals surface area contributed by atoms with Gasteiger partial charge in [-0.3, -0.25) is 15.1 Å². The summed E-state index contributed by atoms with van der Waals surface area (Å²) in [6, 6.07) is 6.02. The lowest BCUT2D eigenvalue weighted by molar-refractivity contribution is -0.384. The van der Waals surface area contributed by atoms with Gasteiger partial charge in [0.15, 0.2) is 0 Å². The van der Waals surface area contributed by atoms with Gasteiger partial charge in [-0.2, -0.15) is 0 Å². The molecular weight excluding hydrogens is 294 g/mol. The SMILES string of the molecule is CCCNc1cncc(Oc2ccc([N+](=O)[O-])c(Cl)c2)c1. The molecule has 6 nitrogen and oxygen atoms in total. The van der Waals surface area contributed by atoms with Crippen LogP contribution in [0, 0.1) is 10.1 Å². The topological polar surface area (TPSA) is 77.3 Å². The number of hydrogen-bond acceptors (Lipinski definition) is 5. The van der Waals surface area contributed by atoms with E-state index in [4.69, 9.17) is 16.3 Å². The molecule has 1 aromatic heterocycles. The molecule has 1 heterocycles. The highest BCUT2D eigenvalue weighted by Crippen LogP contribution is 2.31. The molecule has 0 saturated carbocycles. The Bertz CT molecular complexity index is 649. The second-order valence-corrected chi connectivity index (χ2v) is 4.72. The highest BCUT2D eigenvalue weighted by molar-refractivity contribution is 6.32. The second-order valence-electron chi connectivity index (χ2n) is 4.31. The summed E-state index contributed by atoms with van der Waals surface area (Å²) in [7, 11) is 0. The molecule has 0 atom stereocenters. The lowest BCUT2D eigenvalue weighted by Gasteiger charge is -2.08. The summed E-state index contributed by atoms with van der Waals surface area (Å²) in [5, 5.41) is 13.9. The predicted octanol–water partition coefficient (Wildman–Crippen LogP) is 4.26. The lowest BCUT2D eigenvalue weighted by atomic mass is 10.3. The van der Waals surface area contributed by atoms with Crippen molar-refractivity contribution in [3.63, 3.8) is 0 Å². The van der Waals surface area contributed by atoms with Gasteiger partial charge in [0, 0.05) is 24.7 Å². The number of aromatic nitrogens is 1. The van der Waals surface area contributed by atoms with E-state index in [1.165, 1.54) is 18.2 Å². The third-order valence-electron chi connectivity index (χ3n) is 2.64. The van der Waals surface area contributed by atoms with E-state index in [-0.39, 0.29) is 10.7 Å². The largest absolute Gasteiger partial charge is 0.456 e. The minimum atomic E-state index is -0.539. The maximum atomic E-state index is 10.7. The van der Waals surface area contributed by atoms with E-state index in [0.29, 0.717) is 11.5 Å². The van der Waals surface area contributed by atoms with Gasteiger partial charge in [0.25, 0.3) is 5.69 Å². The Balaban J connectivity index is 2.14. The number of halogens is 1. The normalized spacial score (nSPS) is 10.2. The van der Waals surface area contributed by atoms with Gasteiger partial charge in [-0.1, -0.05) is 18.5 Å². The van der Waals surface area contributed by atoms with Gasteiger partial charge in [-0.15, -0.1) is 0 Å². The van der Waals surface area contributed by atoms with Gasteiger partial charge in [0.1, 0.15) is 16.5 Å². The smallest absolute Gasteiger partial charge is 0.288 e. The van der Waals surface area contributed by atoms with Crippen LogP contribution in [0.15, 0.2) is 36.7 Å². The van der Waals surface area contributed by atoms with Gasteiger partial charge in [-0.05, 0) is 12.5 Å². The summed E-state index contributed by atoms with van der Waals surface area (Å²) in [6.07, 6.45) is 4.26. The Labute approximate surface area is 126 Å². The van der Waals surface area contributed by atoms with Crippen LogP contribution in [-0.4, -0.2) is 16.5 Å². The molecule has 2 aromatic rings. The Hall–Kier alpha value is -2.34. The number of nitrogens with zero attached hydrogens (tertiary/aromatic N) is 2. The first kappa shape index (κ1) is 15.1. The average Bonchev–Trinajstić information content (AvgIpc) is 2.45. The van der Waals surface area contributed by atoms with Crippen molar-refractivity contribution in [2.45, 2.75) is 13.3 Å². The minimum absolute atomic E-state index is 0.0331. The van der Waals surface area contributed by atoms with E-state index in [1.54, 1.807) is 18.5 Å². The molecule has 1 N–H and O–H groups in total. The molecule has 110 valence electrons. The van der Waals surface area contributed by atoms with Crippen LogP contribution in [0.25, 0.3) is 0 Å². The number of ether oxygens (including phenoxy) is 1. The molecule has 0 fully saturated rings. The van der Waals surface area contributed by atoms with E-state index in [9.17, 15) is 10.1 Å². The van der Waals surface area contributed by atoms with Crippen LogP contribution < -0.4 is 10.1 Å². The summed E-state index contributed by atoms with van der Waals surface area (Å²) >= 11 is 5.84. The van der Waals surface area contributed by atoms with Crippen molar-refractivity contribution >= 4 is 23.0 Å². The van der Waals surface area contributed by atoms with E-state index in [2.05, 4.69) is 17.2 Å². The molecule has 0 unspecified atom stereocenters. The molecule has 2 rings (SSSR count). The molecule has 7 heteroatoms. The average molecular weight is 308 g/mol. The van der Waals surface area contributed by atoms with Gasteiger partial charge < -0.3 is 10.1 Å². The summed E-state index contributed by atoms with van der Waals surface area (Å²) < 4.78 is 5.61. The van der Waals surface area contributed by atoms with Crippen molar-refractivity contribution < 1.29 is 9.66 Å². The van der Waals surface area contributed by atoms with E-state index in [0.717, 1.165) is 18.7 Å². The highest BCUT2D eigenvalue weighted by atomic mass is 35.5. The van der Waals surface area contributed by atoms with Crippen LogP contribution >= 0.6 is 11.6 Å². The zero-order valence-corrected chi connectivity index (χ0v) is 12.1. The van der Waals surface area contributed by atoms with Gasteiger partial charge in [0.2, 0.25) is 0 Å². The maximum absolute atomic E-state index is 10.7. The molecule has 21 heavy (non-hydrogen) atoms. The second kappa shape index (κ2) is 6.90. The number of benzene rings is 1. The molecule has 0 bridgehead atoms. The number of anilines is 1. The zero-order chi connectivity index (χ0) is 15.2. The molecular formula is C14H14ClN3O3. The monoisotopic (exact) mass is 307 g/mol. The first-order valence-corrected chi connectivity index (χ1v) is 6.78. The Morgan fingerprint density at radius 3 is 2.81 bits per heavy atom. The molecule has 0 aliphatic carbocycles. The van der Waals surface area contributed by atoms with Crippen LogP contribution in [0.2, 0.25) is 5.02 Å². The fourth-order valence-corrected chi connectivity index (χ4v) is 1.92. The molecule has 0 saturated heterocycles. The molecule has 1 aromatic carbocycles. The van der Waals surface area contributed by atoms with Crippen LogP contribution in [-0.2, 0) is 0 Å². The minimum Gasteiger partial charge on any atom is -0.456 e. The van der Waals surface area contributed by atoms with Crippen LogP contribution in [0.3, 0.4) is 0 Å². The number of nitro benzene ring substituents is 1. The summed E-state index contributed by atoms with van der Waals surface area (Å²) in [5.74, 6) is 0.945. The summed E-state index contributed by atoms with van der Waals surface area (Å²) in [4.78, 5) is 14.2. The molecule has 0 amide bonds. The van der Waals surface area contributed by atoms with Crippen LogP contribution in [0.1, 0.15) is 13.3 Å². The molecule has 0 aliphatic rings. The molecule has 0 radical (unpaired) electrons. The summed E-state index contributed by atoms with van der Waals surface area (Å²) in [5.41, 5.74) is 0.697. The van der Waals surface area contributed by atoms with E-state index >= 15 is 0 Å².